The quantitative estimate of drug-likeness (QED) is 0.833. The van der Waals surface area contributed by atoms with E-state index in [4.69, 9.17) is 4.74 Å². The van der Waals surface area contributed by atoms with Gasteiger partial charge < -0.3 is 15.0 Å². The highest BCUT2D eigenvalue weighted by atomic mass is 16.5. The molecule has 0 aliphatic carbocycles. The first-order valence-corrected chi connectivity index (χ1v) is 9.12. The summed E-state index contributed by atoms with van der Waals surface area (Å²) in [4.78, 5) is 16.6. The van der Waals surface area contributed by atoms with Crippen molar-refractivity contribution in [3.05, 3.63) is 72.2 Å². The van der Waals surface area contributed by atoms with Crippen LogP contribution < -0.4 is 10.1 Å². The molecule has 0 spiro atoms. The van der Waals surface area contributed by atoms with E-state index in [9.17, 15) is 4.79 Å². The van der Waals surface area contributed by atoms with Crippen LogP contribution in [0.25, 0.3) is 6.08 Å². The number of methoxy groups -OCH3 is 1. The minimum absolute atomic E-state index is 0.0461. The van der Waals surface area contributed by atoms with Crippen LogP contribution in [0.1, 0.15) is 19.4 Å². The van der Waals surface area contributed by atoms with Gasteiger partial charge in [0.05, 0.1) is 12.8 Å². The number of carbonyl (C=O) groups excluding carboxylic acids is 1. The maximum Gasteiger partial charge on any atom is 0.255 e. The molecular weight excluding hydrogens is 338 g/mol. The van der Waals surface area contributed by atoms with Crippen molar-refractivity contribution in [1.82, 2.24) is 15.1 Å². The monoisotopic (exact) mass is 365 g/mol. The third-order valence-corrected chi connectivity index (χ3v) is 4.73. The van der Waals surface area contributed by atoms with Gasteiger partial charge in [0.1, 0.15) is 5.75 Å². The molecule has 0 bridgehead atoms. The molecule has 1 saturated heterocycles. The zero-order valence-corrected chi connectivity index (χ0v) is 16.2. The van der Waals surface area contributed by atoms with Crippen LogP contribution >= 0.6 is 0 Å². The Hall–Kier alpha value is -2.79. The van der Waals surface area contributed by atoms with Crippen molar-refractivity contribution in [3.8, 4) is 5.75 Å². The second kappa shape index (κ2) is 7.84. The van der Waals surface area contributed by atoms with Gasteiger partial charge in [-0.15, -0.1) is 0 Å². The van der Waals surface area contributed by atoms with Crippen LogP contribution in [0, 0.1) is 0 Å². The molecule has 1 aromatic rings. The smallest absolute Gasteiger partial charge is 0.255 e. The SMILES string of the molecule is C=C1C=CC(N2CCNC(C)(C)C2)=CN1C(=O)C=Cc1ccc(OC)cc1. The molecule has 0 unspecified atom stereocenters. The summed E-state index contributed by atoms with van der Waals surface area (Å²) in [5.74, 6) is 0.673. The predicted molar refractivity (Wildman–Crippen MR) is 109 cm³/mol. The molecule has 2 heterocycles. The molecule has 0 atom stereocenters. The maximum absolute atomic E-state index is 12.7. The first-order valence-electron chi connectivity index (χ1n) is 9.12. The predicted octanol–water partition coefficient (Wildman–Crippen LogP) is 3.15. The molecule has 5 nitrogen and oxygen atoms in total. The third kappa shape index (κ3) is 4.68. The van der Waals surface area contributed by atoms with Crippen LogP contribution in [0.15, 0.2) is 66.7 Å². The number of benzene rings is 1. The van der Waals surface area contributed by atoms with E-state index in [0.29, 0.717) is 5.70 Å². The van der Waals surface area contributed by atoms with Gasteiger partial charge >= 0.3 is 0 Å². The van der Waals surface area contributed by atoms with E-state index in [1.54, 1.807) is 24.2 Å². The van der Waals surface area contributed by atoms with E-state index in [1.165, 1.54) is 0 Å². The fourth-order valence-electron chi connectivity index (χ4n) is 3.24. The lowest BCUT2D eigenvalue weighted by atomic mass is 10.0. The summed E-state index contributed by atoms with van der Waals surface area (Å²) in [6.45, 7) is 11.1. The van der Waals surface area contributed by atoms with E-state index < -0.39 is 0 Å². The largest absolute Gasteiger partial charge is 0.497 e. The zero-order valence-electron chi connectivity index (χ0n) is 16.2. The van der Waals surface area contributed by atoms with Crippen molar-refractivity contribution in [2.24, 2.45) is 0 Å². The summed E-state index contributed by atoms with van der Waals surface area (Å²) in [7, 11) is 1.63. The number of nitrogens with one attached hydrogen (secondary N) is 1. The van der Waals surface area contributed by atoms with Gasteiger partial charge in [-0.2, -0.15) is 0 Å². The molecule has 27 heavy (non-hydrogen) atoms. The van der Waals surface area contributed by atoms with Crippen LogP contribution in [-0.4, -0.2) is 48.0 Å². The van der Waals surface area contributed by atoms with E-state index in [2.05, 4.69) is 30.6 Å². The number of amides is 1. The van der Waals surface area contributed by atoms with Gasteiger partial charge in [0, 0.05) is 43.1 Å². The Labute approximate surface area is 161 Å². The van der Waals surface area contributed by atoms with Gasteiger partial charge in [0.2, 0.25) is 0 Å². The van der Waals surface area contributed by atoms with E-state index in [0.717, 1.165) is 36.6 Å². The number of hydrogen-bond acceptors (Lipinski definition) is 4. The Bertz CT molecular complexity index is 803. The van der Waals surface area contributed by atoms with Crippen LogP contribution in [0.2, 0.25) is 0 Å². The highest BCUT2D eigenvalue weighted by Crippen LogP contribution is 2.22. The van der Waals surface area contributed by atoms with Crippen LogP contribution in [-0.2, 0) is 4.79 Å². The number of rotatable bonds is 4. The number of nitrogens with zero attached hydrogens (tertiary/aromatic N) is 2. The van der Waals surface area contributed by atoms with Crippen molar-refractivity contribution in [1.29, 1.82) is 0 Å². The van der Waals surface area contributed by atoms with Gasteiger partial charge in [-0.3, -0.25) is 9.69 Å². The maximum atomic E-state index is 12.7. The first-order chi connectivity index (χ1) is 12.9. The Morgan fingerprint density at radius 2 is 2.00 bits per heavy atom. The molecule has 1 aromatic carbocycles. The standard InChI is InChI=1S/C22H27N3O2/c1-17-5-9-19(24-14-13-23-22(2,3)16-24)15-25(17)21(26)12-8-18-6-10-20(27-4)11-7-18/h5-12,15,23H,1,13-14,16H2,2-4H3. The fraction of sp³-hybridized carbons (Fsp3) is 0.318. The van der Waals surface area contributed by atoms with Gasteiger partial charge in [-0.05, 0) is 49.8 Å². The number of carbonyl (C=O) groups is 1. The van der Waals surface area contributed by atoms with Gasteiger partial charge in [0.25, 0.3) is 5.91 Å². The average Bonchev–Trinajstić information content (AvgIpc) is 2.66. The summed E-state index contributed by atoms with van der Waals surface area (Å²) < 4.78 is 5.15. The molecular formula is C22H27N3O2. The van der Waals surface area contributed by atoms with Crippen LogP contribution in [0.3, 0.4) is 0 Å². The summed E-state index contributed by atoms with van der Waals surface area (Å²) in [5.41, 5.74) is 2.68. The second-order valence-electron chi connectivity index (χ2n) is 7.43. The third-order valence-electron chi connectivity index (χ3n) is 4.73. The molecule has 2 aliphatic rings. The Morgan fingerprint density at radius 1 is 1.26 bits per heavy atom. The van der Waals surface area contributed by atoms with Gasteiger partial charge in [-0.1, -0.05) is 18.7 Å². The molecule has 0 saturated carbocycles. The number of allylic oxidation sites excluding steroid dienone is 2. The average molecular weight is 365 g/mol. The van der Waals surface area contributed by atoms with Gasteiger partial charge in [-0.25, -0.2) is 0 Å². The summed E-state index contributed by atoms with van der Waals surface area (Å²) in [6.07, 6.45) is 9.17. The summed E-state index contributed by atoms with van der Waals surface area (Å²) in [5, 5.41) is 3.51. The van der Waals surface area contributed by atoms with Crippen molar-refractivity contribution in [2.45, 2.75) is 19.4 Å². The first kappa shape index (κ1) is 19.0. The Kier molecular flexibility index (Phi) is 5.51. The van der Waals surface area contributed by atoms with Crippen molar-refractivity contribution >= 4 is 12.0 Å². The normalized spacial score (nSPS) is 19.4. The number of ether oxygens (including phenoxy) is 1. The van der Waals surface area contributed by atoms with Gasteiger partial charge in [0.15, 0.2) is 0 Å². The molecule has 0 aromatic heterocycles. The molecule has 2 aliphatic heterocycles. The lowest BCUT2D eigenvalue weighted by molar-refractivity contribution is -0.122. The highest BCUT2D eigenvalue weighted by molar-refractivity contribution is 5.94. The minimum atomic E-state index is -0.118. The van der Waals surface area contributed by atoms with Crippen molar-refractivity contribution < 1.29 is 9.53 Å². The summed E-state index contributed by atoms with van der Waals surface area (Å²) in [6, 6.07) is 7.57. The van der Waals surface area contributed by atoms with E-state index >= 15 is 0 Å². The van der Waals surface area contributed by atoms with Crippen molar-refractivity contribution in [2.75, 3.05) is 26.7 Å². The molecule has 1 fully saturated rings. The number of piperazine rings is 1. The highest BCUT2D eigenvalue weighted by Gasteiger charge is 2.27. The van der Waals surface area contributed by atoms with Crippen LogP contribution in [0.4, 0.5) is 0 Å². The van der Waals surface area contributed by atoms with E-state index in [1.807, 2.05) is 42.6 Å². The fourth-order valence-corrected chi connectivity index (χ4v) is 3.24. The van der Waals surface area contributed by atoms with Crippen LogP contribution in [0.5, 0.6) is 5.75 Å². The Morgan fingerprint density at radius 3 is 2.67 bits per heavy atom. The molecule has 1 N–H and O–H groups in total. The molecule has 1 amide bonds. The second-order valence-corrected chi connectivity index (χ2v) is 7.43. The lowest BCUT2D eigenvalue weighted by Crippen LogP contribution is -2.56. The Balaban J connectivity index is 1.72. The topological polar surface area (TPSA) is 44.8 Å². The molecule has 3 rings (SSSR count). The molecule has 5 heteroatoms. The lowest BCUT2D eigenvalue weighted by Gasteiger charge is -2.41. The minimum Gasteiger partial charge on any atom is -0.497 e. The molecule has 0 radical (unpaired) electrons. The summed E-state index contributed by atoms with van der Waals surface area (Å²) >= 11 is 0. The number of hydrogen-bond donors (Lipinski definition) is 1. The van der Waals surface area contributed by atoms with Crippen molar-refractivity contribution in [3.63, 3.8) is 0 Å². The molecule has 142 valence electrons. The van der Waals surface area contributed by atoms with E-state index in [-0.39, 0.29) is 11.4 Å². The zero-order chi connectivity index (χ0) is 19.4.